The van der Waals surface area contributed by atoms with E-state index in [0.29, 0.717) is 42.2 Å². The van der Waals surface area contributed by atoms with Gasteiger partial charge in [0.2, 0.25) is 0 Å². The molecule has 48 heavy (non-hydrogen) atoms. The summed E-state index contributed by atoms with van der Waals surface area (Å²) in [5.41, 5.74) is 6.14. The third kappa shape index (κ3) is 7.72. The van der Waals surface area contributed by atoms with Crippen molar-refractivity contribution < 1.29 is 9.59 Å². The van der Waals surface area contributed by atoms with Gasteiger partial charge in [0.15, 0.2) is 16.1 Å². The Kier molecular flexibility index (Phi) is 9.82. The van der Waals surface area contributed by atoms with Crippen LogP contribution in [0.3, 0.4) is 0 Å². The largest absolute Gasteiger partial charge is 0.354 e. The molecule has 0 spiro atoms. The lowest BCUT2D eigenvalue weighted by Gasteiger charge is -2.15. The Labute approximate surface area is 293 Å². The van der Waals surface area contributed by atoms with Gasteiger partial charge in [-0.25, -0.2) is 15.0 Å². The number of anilines is 8. The van der Waals surface area contributed by atoms with Crippen molar-refractivity contribution in [3.63, 3.8) is 0 Å². The number of hydrogen-bond donors (Lipinski definition) is 5. The van der Waals surface area contributed by atoms with Crippen LogP contribution in [0.5, 0.6) is 0 Å². The summed E-state index contributed by atoms with van der Waals surface area (Å²) in [6.07, 6.45) is 5.95. The van der Waals surface area contributed by atoms with E-state index in [9.17, 15) is 9.59 Å². The van der Waals surface area contributed by atoms with E-state index >= 15 is 0 Å². The van der Waals surface area contributed by atoms with E-state index in [1.165, 1.54) is 29.9 Å². The molecule has 0 radical (unpaired) electrons. The molecule has 3 aromatic heterocycles. The van der Waals surface area contributed by atoms with Crippen LogP contribution in [0.15, 0.2) is 79.4 Å². The zero-order chi connectivity index (χ0) is 33.8. The molecule has 2 amide bonds. The van der Waals surface area contributed by atoms with E-state index in [0.717, 1.165) is 45.1 Å². The number of benzene rings is 3. The van der Waals surface area contributed by atoms with Crippen molar-refractivity contribution >= 4 is 102 Å². The van der Waals surface area contributed by atoms with Gasteiger partial charge >= 0.3 is 0 Å². The van der Waals surface area contributed by atoms with Crippen LogP contribution in [-0.2, 0) is 0 Å². The second-order valence-electron chi connectivity index (χ2n) is 10.5. The Hall–Kier alpha value is -5.08. The van der Waals surface area contributed by atoms with Crippen molar-refractivity contribution in [3.8, 4) is 0 Å². The molecule has 3 heterocycles. The quantitative estimate of drug-likeness (QED) is 0.0936. The van der Waals surface area contributed by atoms with Gasteiger partial charge in [0, 0.05) is 17.1 Å². The van der Waals surface area contributed by atoms with Gasteiger partial charge in [0.05, 0.1) is 41.2 Å². The Balaban J connectivity index is 1.11. The highest BCUT2D eigenvalue weighted by Gasteiger charge is 2.18. The zero-order valence-corrected chi connectivity index (χ0v) is 28.8. The Morgan fingerprint density at radius 2 is 1.25 bits per heavy atom. The summed E-state index contributed by atoms with van der Waals surface area (Å²) in [4.78, 5) is 43.7. The van der Waals surface area contributed by atoms with Gasteiger partial charge in [0.1, 0.15) is 14.9 Å². The minimum atomic E-state index is -0.364. The third-order valence-electron chi connectivity index (χ3n) is 7.00. The van der Waals surface area contributed by atoms with Crippen LogP contribution < -0.4 is 26.6 Å². The van der Waals surface area contributed by atoms with Crippen LogP contribution in [0.25, 0.3) is 0 Å². The number of halogens is 2. The first-order valence-electron chi connectivity index (χ1n) is 14.4. The Morgan fingerprint density at radius 1 is 0.667 bits per heavy atom. The fourth-order valence-electron chi connectivity index (χ4n) is 4.62. The Bertz CT molecular complexity index is 2130. The number of amides is 2. The molecule has 0 atom stereocenters. The Morgan fingerprint density at radius 3 is 1.92 bits per heavy atom. The minimum absolute atomic E-state index is 0.217. The molecule has 0 saturated carbocycles. The highest BCUT2D eigenvalue weighted by Crippen LogP contribution is 2.36. The van der Waals surface area contributed by atoms with Gasteiger partial charge < -0.3 is 26.6 Å². The number of aromatic nitrogens is 4. The van der Waals surface area contributed by atoms with Crippen LogP contribution in [0.4, 0.5) is 44.5 Å². The summed E-state index contributed by atoms with van der Waals surface area (Å²) in [6.45, 7) is 5.78. The number of carbonyl (C=O) groups excluding carboxylic acids is 2. The summed E-state index contributed by atoms with van der Waals surface area (Å²) in [7, 11) is 0. The van der Waals surface area contributed by atoms with Crippen molar-refractivity contribution in [2.45, 2.75) is 20.8 Å². The monoisotopic (exact) mass is 715 g/mol. The molecule has 6 rings (SSSR count). The van der Waals surface area contributed by atoms with Crippen LogP contribution in [0, 0.1) is 20.8 Å². The van der Waals surface area contributed by atoms with Gasteiger partial charge in [-0.2, -0.15) is 0 Å². The van der Waals surface area contributed by atoms with Crippen LogP contribution >= 0.6 is 45.9 Å². The summed E-state index contributed by atoms with van der Waals surface area (Å²) in [6, 6.07) is 17.1. The summed E-state index contributed by atoms with van der Waals surface area (Å²) in [5, 5.41) is 17.1. The van der Waals surface area contributed by atoms with Gasteiger partial charge in [-0.15, -0.1) is 0 Å². The first-order valence-corrected chi connectivity index (χ1v) is 16.8. The van der Waals surface area contributed by atoms with Gasteiger partial charge in [-0.1, -0.05) is 76.2 Å². The number of hydrogen-bond acceptors (Lipinski definition) is 11. The smallest absolute Gasteiger partial charge is 0.267 e. The molecule has 3 aromatic carbocycles. The SMILES string of the molecule is Cc1cccc(C)c1NC(=O)c1cnc(Nc2cccc(Nc3ccc(C)c(NC(=O)c4cnc(Nc5cncc(Cl)n5)s4)c3Cl)c2)s1. The summed E-state index contributed by atoms with van der Waals surface area (Å²) >= 11 is 15.1. The average Bonchev–Trinajstić information content (AvgIpc) is 3.73. The normalized spacial score (nSPS) is 10.8. The molecule has 6 aromatic rings. The highest BCUT2D eigenvalue weighted by atomic mass is 35.5. The lowest BCUT2D eigenvalue weighted by Crippen LogP contribution is -2.12. The maximum atomic E-state index is 13.2. The fourth-order valence-corrected chi connectivity index (χ4v) is 6.53. The number of nitrogens with zero attached hydrogens (tertiary/aromatic N) is 4. The molecule has 0 aliphatic carbocycles. The predicted octanol–water partition coefficient (Wildman–Crippen LogP) is 9.36. The fraction of sp³-hybridized carbons (Fsp3) is 0.0909. The molecule has 11 nitrogen and oxygen atoms in total. The van der Waals surface area contributed by atoms with E-state index in [2.05, 4.69) is 46.5 Å². The molecule has 0 aliphatic heterocycles. The zero-order valence-electron chi connectivity index (χ0n) is 25.7. The van der Waals surface area contributed by atoms with Crippen molar-refractivity contribution in [1.82, 2.24) is 19.9 Å². The first-order chi connectivity index (χ1) is 23.1. The lowest BCUT2D eigenvalue weighted by molar-refractivity contribution is 0.102. The van der Waals surface area contributed by atoms with Gasteiger partial charge in [-0.3, -0.25) is 14.6 Å². The van der Waals surface area contributed by atoms with Crippen molar-refractivity contribution in [3.05, 3.63) is 116 Å². The van der Waals surface area contributed by atoms with E-state index in [1.807, 2.05) is 75.4 Å². The molecule has 0 saturated heterocycles. The topological polar surface area (TPSA) is 146 Å². The first kappa shape index (κ1) is 32.8. The van der Waals surface area contributed by atoms with Crippen molar-refractivity contribution in [2.24, 2.45) is 0 Å². The molecule has 0 fully saturated rings. The number of para-hydroxylation sites is 1. The lowest BCUT2D eigenvalue weighted by atomic mass is 10.1. The van der Waals surface area contributed by atoms with Crippen molar-refractivity contribution in [2.75, 3.05) is 26.6 Å². The molecule has 242 valence electrons. The van der Waals surface area contributed by atoms with Crippen LogP contribution in [-0.4, -0.2) is 31.8 Å². The van der Waals surface area contributed by atoms with Crippen LogP contribution in [0.2, 0.25) is 10.2 Å². The molecule has 0 unspecified atom stereocenters. The third-order valence-corrected chi connectivity index (χ3v) is 9.40. The number of rotatable bonds is 10. The number of nitrogens with one attached hydrogen (secondary N) is 5. The van der Waals surface area contributed by atoms with E-state index in [1.54, 1.807) is 6.20 Å². The van der Waals surface area contributed by atoms with Crippen molar-refractivity contribution in [1.29, 1.82) is 0 Å². The molecule has 0 bridgehead atoms. The highest BCUT2D eigenvalue weighted by molar-refractivity contribution is 7.18. The minimum Gasteiger partial charge on any atom is -0.354 e. The second-order valence-corrected chi connectivity index (χ2v) is 13.4. The average molecular weight is 717 g/mol. The second kappa shape index (κ2) is 14.4. The van der Waals surface area contributed by atoms with E-state index < -0.39 is 0 Å². The van der Waals surface area contributed by atoms with E-state index in [-0.39, 0.29) is 17.0 Å². The van der Waals surface area contributed by atoms with E-state index in [4.69, 9.17) is 23.2 Å². The molecule has 5 N–H and O–H groups in total. The number of aryl methyl sites for hydroxylation is 3. The number of thiazole rings is 2. The predicted molar refractivity (Wildman–Crippen MR) is 196 cm³/mol. The maximum Gasteiger partial charge on any atom is 0.267 e. The molecule has 15 heteroatoms. The summed E-state index contributed by atoms with van der Waals surface area (Å²) in [5.74, 6) is -0.171. The standard InChI is InChI=1S/C33H27Cl2N9O2S2/c1-17-6-4-7-18(2)28(17)43-30(45)23-13-37-32(47-23)40-21-9-5-8-20(12-21)39-22-11-10-19(3)29(27(22)35)44-31(46)24-14-38-33(48-24)42-26-16-36-15-25(34)41-26/h4-16,39H,1-3H3,(H,37,40)(H,43,45)(H,44,46)(H,38,41,42). The molecular formula is C33H27Cl2N9O2S2. The number of carbonyl (C=O) groups is 2. The molecule has 0 aliphatic rings. The summed E-state index contributed by atoms with van der Waals surface area (Å²) < 4.78 is 0. The van der Waals surface area contributed by atoms with Crippen LogP contribution in [0.1, 0.15) is 36.0 Å². The van der Waals surface area contributed by atoms with Gasteiger partial charge in [0.25, 0.3) is 11.8 Å². The van der Waals surface area contributed by atoms with Gasteiger partial charge in [-0.05, 0) is 61.7 Å². The maximum absolute atomic E-state index is 13.2. The molecular weight excluding hydrogens is 689 g/mol.